The first-order chi connectivity index (χ1) is 6.88. The average Bonchev–Trinajstić information content (AvgIpc) is 2.30. The molecule has 4 heteroatoms. The van der Waals surface area contributed by atoms with Gasteiger partial charge in [-0.15, -0.1) is 0 Å². The van der Waals surface area contributed by atoms with Crippen LogP contribution in [0.15, 0.2) is 43.1 Å². The third-order valence-corrected chi connectivity index (χ3v) is 1.86. The number of hydrogen-bond acceptors (Lipinski definition) is 4. The largest absolute Gasteiger partial charge is 0.382 e. The Kier molecular flexibility index (Phi) is 2.46. The minimum Gasteiger partial charge on any atom is -0.382 e. The second kappa shape index (κ2) is 3.93. The van der Waals surface area contributed by atoms with Gasteiger partial charge in [0.15, 0.2) is 0 Å². The summed E-state index contributed by atoms with van der Waals surface area (Å²) in [6.45, 7) is 0. The Balaban J connectivity index is 2.30. The number of rotatable bonds is 2. The van der Waals surface area contributed by atoms with Crippen LogP contribution in [0.1, 0.15) is 17.4 Å². The lowest BCUT2D eigenvalue weighted by atomic mass is 10.1. The molecular formula is C10H9N3O. The Morgan fingerprint density at radius 2 is 1.93 bits per heavy atom. The van der Waals surface area contributed by atoms with Crippen LogP contribution >= 0.6 is 0 Å². The van der Waals surface area contributed by atoms with Gasteiger partial charge in [0.25, 0.3) is 0 Å². The van der Waals surface area contributed by atoms with E-state index in [1.165, 1.54) is 6.20 Å². The van der Waals surface area contributed by atoms with Crippen molar-refractivity contribution in [3.8, 4) is 0 Å². The molecule has 0 aliphatic carbocycles. The van der Waals surface area contributed by atoms with Crippen molar-refractivity contribution >= 4 is 0 Å². The SMILES string of the molecule is OC(c1cccnc1)c1cnccn1. The van der Waals surface area contributed by atoms with Crippen LogP contribution in [-0.4, -0.2) is 20.1 Å². The van der Waals surface area contributed by atoms with Crippen LogP contribution in [0.5, 0.6) is 0 Å². The number of pyridine rings is 1. The summed E-state index contributed by atoms with van der Waals surface area (Å²) in [6, 6.07) is 3.57. The Labute approximate surface area is 81.3 Å². The quantitative estimate of drug-likeness (QED) is 0.760. The van der Waals surface area contributed by atoms with Crippen LogP contribution in [0, 0.1) is 0 Å². The van der Waals surface area contributed by atoms with E-state index in [-0.39, 0.29) is 0 Å². The summed E-state index contributed by atoms with van der Waals surface area (Å²) in [5.41, 5.74) is 1.24. The molecule has 1 unspecified atom stereocenters. The molecule has 1 atom stereocenters. The minimum atomic E-state index is -0.752. The van der Waals surface area contributed by atoms with Gasteiger partial charge in [-0.05, 0) is 6.07 Å². The third-order valence-electron chi connectivity index (χ3n) is 1.86. The highest BCUT2D eigenvalue weighted by Gasteiger charge is 2.10. The molecule has 70 valence electrons. The van der Waals surface area contributed by atoms with E-state index in [1.54, 1.807) is 36.9 Å². The molecule has 4 nitrogen and oxygen atoms in total. The summed E-state index contributed by atoms with van der Waals surface area (Å²) in [5, 5.41) is 9.85. The Morgan fingerprint density at radius 1 is 1.07 bits per heavy atom. The molecule has 2 aromatic rings. The van der Waals surface area contributed by atoms with Gasteiger partial charge in [-0.25, -0.2) is 0 Å². The molecule has 0 saturated heterocycles. The Hall–Kier alpha value is -1.81. The summed E-state index contributed by atoms with van der Waals surface area (Å²) in [7, 11) is 0. The van der Waals surface area contributed by atoms with Crippen molar-refractivity contribution in [2.75, 3.05) is 0 Å². The first kappa shape index (κ1) is 8.77. The standard InChI is InChI=1S/C10H9N3O/c14-10(8-2-1-3-11-6-8)9-7-12-4-5-13-9/h1-7,10,14H. The highest BCUT2D eigenvalue weighted by molar-refractivity contribution is 5.20. The van der Waals surface area contributed by atoms with Gasteiger partial charge in [-0.3, -0.25) is 15.0 Å². The molecule has 0 radical (unpaired) electrons. The van der Waals surface area contributed by atoms with Crippen molar-refractivity contribution < 1.29 is 5.11 Å². The third kappa shape index (κ3) is 1.75. The zero-order valence-corrected chi connectivity index (χ0v) is 7.41. The monoisotopic (exact) mass is 187 g/mol. The fourth-order valence-electron chi connectivity index (χ4n) is 1.16. The normalized spacial score (nSPS) is 12.4. The lowest BCUT2D eigenvalue weighted by Gasteiger charge is -2.08. The highest BCUT2D eigenvalue weighted by Crippen LogP contribution is 2.17. The second-order valence-electron chi connectivity index (χ2n) is 2.82. The highest BCUT2D eigenvalue weighted by atomic mass is 16.3. The molecule has 2 aromatic heterocycles. The van der Waals surface area contributed by atoms with Crippen molar-refractivity contribution in [3.63, 3.8) is 0 Å². The predicted molar refractivity (Wildman–Crippen MR) is 50.3 cm³/mol. The summed E-state index contributed by atoms with van der Waals surface area (Å²) >= 11 is 0. The topological polar surface area (TPSA) is 58.9 Å². The Morgan fingerprint density at radius 3 is 2.57 bits per heavy atom. The van der Waals surface area contributed by atoms with Crippen LogP contribution in [-0.2, 0) is 0 Å². The summed E-state index contributed by atoms with van der Waals surface area (Å²) in [4.78, 5) is 11.8. The summed E-state index contributed by atoms with van der Waals surface area (Å²) in [5.74, 6) is 0. The lowest BCUT2D eigenvalue weighted by Crippen LogP contribution is -2.02. The van der Waals surface area contributed by atoms with Crippen molar-refractivity contribution in [2.45, 2.75) is 6.10 Å². The zero-order chi connectivity index (χ0) is 9.80. The van der Waals surface area contributed by atoms with Crippen molar-refractivity contribution in [2.24, 2.45) is 0 Å². The maximum absolute atomic E-state index is 9.85. The molecule has 1 N–H and O–H groups in total. The minimum absolute atomic E-state index is 0.528. The van der Waals surface area contributed by atoms with E-state index in [4.69, 9.17) is 0 Å². The van der Waals surface area contributed by atoms with Crippen LogP contribution < -0.4 is 0 Å². The molecule has 0 aliphatic heterocycles. The maximum atomic E-state index is 9.85. The van der Waals surface area contributed by atoms with Crippen molar-refractivity contribution in [3.05, 3.63) is 54.4 Å². The van der Waals surface area contributed by atoms with E-state index >= 15 is 0 Å². The van der Waals surface area contributed by atoms with Gasteiger partial charge in [-0.2, -0.15) is 0 Å². The summed E-state index contributed by atoms with van der Waals surface area (Å²) < 4.78 is 0. The van der Waals surface area contributed by atoms with Gasteiger partial charge in [0, 0.05) is 30.4 Å². The maximum Gasteiger partial charge on any atom is 0.124 e. The number of aromatic nitrogens is 3. The lowest BCUT2D eigenvalue weighted by molar-refractivity contribution is 0.214. The van der Waals surface area contributed by atoms with Crippen LogP contribution in [0.2, 0.25) is 0 Å². The zero-order valence-electron chi connectivity index (χ0n) is 7.41. The van der Waals surface area contributed by atoms with E-state index in [9.17, 15) is 5.11 Å². The first-order valence-electron chi connectivity index (χ1n) is 4.22. The molecule has 0 fully saturated rings. The number of aliphatic hydroxyl groups is 1. The van der Waals surface area contributed by atoms with Gasteiger partial charge in [-0.1, -0.05) is 6.07 Å². The fourth-order valence-corrected chi connectivity index (χ4v) is 1.16. The van der Waals surface area contributed by atoms with Gasteiger partial charge in [0.1, 0.15) is 6.10 Å². The van der Waals surface area contributed by atoms with Gasteiger partial charge < -0.3 is 5.11 Å². The molecule has 0 saturated carbocycles. The van der Waals surface area contributed by atoms with Crippen LogP contribution in [0.3, 0.4) is 0 Å². The molecular weight excluding hydrogens is 178 g/mol. The average molecular weight is 187 g/mol. The summed E-state index contributed by atoms with van der Waals surface area (Å²) in [6.07, 6.45) is 7.18. The van der Waals surface area contributed by atoms with Crippen molar-refractivity contribution in [1.82, 2.24) is 15.0 Å². The number of nitrogens with zero attached hydrogens (tertiary/aromatic N) is 3. The van der Waals surface area contributed by atoms with E-state index in [2.05, 4.69) is 15.0 Å². The molecule has 2 rings (SSSR count). The van der Waals surface area contributed by atoms with E-state index in [1.807, 2.05) is 0 Å². The van der Waals surface area contributed by atoms with Gasteiger partial charge in [0.2, 0.25) is 0 Å². The molecule has 0 aliphatic rings. The second-order valence-corrected chi connectivity index (χ2v) is 2.82. The molecule has 0 amide bonds. The van der Waals surface area contributed by atoms with E-state index in [0.29, 0.717) is 11.3 Å². The number of hydrogen-bond donors (Lipinski definition) is 1. The molecule has 0 aromatic carbocycles. The molecule has 0 bridgehead atoms. The Bertz CT molecular complexity index is 351. The fraction of sp³-hybridized carbons (Fsp3) is 0.100. The smallest absolute Gasteiger partial charge is 0.124 e. The van der Waals surface area contributed by atoms with E-state index in [0.717, 1.165) is 0 Å². The number of aliphatic hydroxyl groups excluding tert-OH is 1. The molecule has 0 spiro atoms. The van der Waals surface area contributed by atoms with Crippen LogP contribution in [0.4, 0.5) is 0 Å². The van der Waals surface area contributed by atoms with Gasteiger partial charge in [0.05, 0.1) is 11.9 Å². The first-order valence-corrected chi connectivity index (χ1v) is 4.22. The van der Waals surface area contributed by atoms with E-state index < -0.39 is 6.10 Å². The predicted octanol–water partition coefficient (Wildman–Crippen LogP) is 0.953. The van der Waals surface area contributed by atoms with Gasteiger partial charge >= 0.3 is 0 Å². The van der Waals surface area contributed by atoms with Crippen LogP contribution in [0.25, 0.3) is 0 Å². The molecule has 2 heterocycles. The van der Waals surface area contributed by atoms with Crippen molar-refractivity contribution in [1.29, 1.82) is 0 Å². The molecule has 14 heavy (non-hydrogen) atoms.